The molecule has 18 heteroatoms. The number of aliphatic carboxylic acids is 2. The van der Waals surface area contributed by atoms with Gasteiger partial charge in [0.05, 0.1) is 0 Å². The Morgan fingerprint density at radius 1 is 0.400 bits per heavy atom. The Bertz CT molecular complexity index is 845. The van der Waals surface area contributed by atoms with Gasteiger partial charge in [0.15, 0.2) is 0 Å². The number of rotatable bonds is 2. The summed E-state index contributed by atoms with van der Waals surface area (Å²) in [4.78, 5) is 21.8. The van der Waals surface area contributed by atoms with Gasteiger partial charge in [-0.3, -0.25) is 0 Å². The number of carbonyl (C=O) groups is 2. The fraction of sp³-hybridized carbons (Fsp3) is 0.833. The summed E-state index contributed by atoms with van der Waals surface area (Å²) in [7, 11) is 0. The van der Waals surface area contributed by atoms with Gasteiger partial charge in [-0.25, -0.2) is 35.9 Å². The van der Waals surface area contributed by atoms with Crippen LogP contribution in [0.15, 0.2) is 0 Å². The van der Waals surface area contributed by atoms with Crippen LogP contribution in [0.2, 0.25) is 0 Å². The molecule has 4 bridgehead atoms. The van der Waals surface area contributed by atoms with Gasteiger partial charge in [0, 0.05) is 0 Å². The van der Waals surface area contributed by atoms with Crippen LogP contribution in [0, 0.1) is 0 Å². The second kappa shape index (κ2) is 4.44. The summed E-state index contributed by atoms with van der Waals surface area (Å²) in [6.07, 6.45) is 0. The van der Waals surface area contributed by atoms with E-state index in [1.54, 1.807) is 0 Å². The number of alkyl halides is 14. The molecule has 0 heterocycles. The monoisotopic (exact) mass is 476 g/mol. The van der Waals surface area contributed by atoms with E-state index in [2.05, 4.69) is 0 Å². The van der Waals surface area contributed by atoms with E-state index in [1.165, 1.54) is 0 Å². The van der Waals surface area contributed by atoms with Crippen LogP contribution in [-0.2, 0) is 9.59 Å². The fourth-order valence-corrected chi connectivity index (χ4v) is 4.53. The van der Waals surface area contributed by atoms with Gasteiger partial charge in [0.2, 0.25) is 0 Å². The maximum atomic E-state index is 15.0. The van der Waals surface area contributed by atoms with E-state index in [4.69, 9.17) is 10.2 Å². The summed E-state index contributed by atoms with van der Waals surface area (Å²) >= 11 is 0. The van der Waals surface area contributed by atoms with Crippen molar-refractivity contribution in [3.05, 3.63) is 0 Å². The standard InChI is InChI=1S/C12H2F14O4/c13-3(1(27)28)5(15)4(14,2(29)30)7(17)10(21,22)6(3,16)11(23,24)8(18,9(5,19)20)12(7,25)26/h(H,27,28)(H,29,30). The summed E-state index contributed by atoms with van der Waals surface area (Å²) in [6.45, 7) is 0. The zero-order valence-corrected chi connectivity index (χ0v) is 13.0. The van der Waals surface area contributed by atoms with Gasteiger partial charge in [-0.2, -0.15) is 35.1 Å². The minimum atomic E-state index is -7.98. The van der Waals surface area contributed by atoms with E-state index in [-0.39, 0.29) is 0 Å². The van der Waals surface area contributed by atoms with Gasteiger partial charge in [-0.15, -0.1) is 0 Å². The highest BCUT2D eigenvalue weighted by Crippen LogP contribution is 2.88. The summed E-state index contributed by atoms with van der Waals surface area (Å²) in [5.41, 5.74) is -46.3. The average Bonchev–Trinajstić information content (AvgIpc) is 2.59. The molecule has 4 atom stereocenters. The number of hydrogen-bond acceptors (Lipinski definition) is 2. The van der Waals surface area contributed by atoms with Crippen LogP contribution in [-0.4, -0.2) is 79.9 Å². The van der Waals surface area contributed by atoms with Crippen LogP contribution in [0.5, 0.6) is 0 Å². The van der Waals surface area contributed by atoms with Crippen molar-refractivity contribution in [1.82, 2.24) is 0 Å². The Labute approximate surface area is 152 Å². The van der Waals surface area contributed by atoms with Crippen molar-refractivity contribution in [2.24, 2.45) is 0 Å². The third-order valence-electron chi connectivity index (χ3n) is 5.95. The van der Waals surface area contributed by atoms with Gasteiger partial charge in [0.25, 0.3) is 28.3 Å². The molecule has 0 aromatic heterocycles. The summed E-state index contributed by atoms with van der Waals surface area (Å²) in [5, 5.41) is 17.0. The minimum absolute atomic E-state index is 4.55. The third-order valence-corrected chi connectivity index (χ3v) is 5.95. The average molecular weight is 476 g/mol. The SMILES string of the molecule is O=C(O)C1(F)C2(F)C(F)(F)C3(F)C(F)(F)C(F)(C2(F)F)C(F)(C(=O)O)C1(F)C3(F)F. The molecule has 0 aromatic carbocycles. The Morgan fingerprint density at radius 2 is 0.600 bits per heavy atom. The highest BCUT2D eigenvalue weighted by molar-refractivity contribution is 5.93. The van der Waals surface area contributed by atoms with Crippen LogP contribution in [0.4, 0.5) is 61.5 Å². The number of carboxylic acids is 2. The molecule has 4 saturated carbocycles. The lowest BCUT2D eigenvalue weighted by Gasteiger charge is -2.74. The van der Waals surface area contributed by atoms with E-state index < -0.39 is 69.6 Å². The highest BCUT2D eigenvalue weighted by Gasteiger charge is 3.24. The van der Waals surface area contributed by atoms with Crippen LogP contribution in [0.25, 0.3) is 0 Å². The molecule has 0 aromatic rings. The molecule has 4 unspecified atom stereocenters. The lowest BCUT2D eigenvalue weighted by molar-refractivity contribution is -0.571. The van der Waals surface area contributed by atoms with Crippen LogP contribution < -0.4 is 0 Å². The Kier molecular flexibility index (Phi) is 3.35. The second-order valence-electron chi connectivity index (χ2n) is 6.86. The van der Waals surface area contributed by atoms with E-state index >= 15 is 4.39 Å². The molecule has 0 aliphatic heterocycles. The Hall–Kier alpha value is -2.04. The van der Waals surface area contributed by atoms with Crippen LogP contribution >= 0.6 is 0 Å². The summed E-state index contributed by atoms with van der Waals surface area (Å²) < 4.78 is 202. The molecule has 0 amide bonds. The van der Waals surface area contributed by atoms with E-state index in [0.29, 0.717) is 0 Å². The first-order valence-electron chi connectivity index (χ1n) is 7.00. The molecule has 0 spiro atoms. The van der Waals surface area contributed by atoms with Gasteiger partial charge in [-0.05, 0) is 0 Å². The molecule has 4 rings (SSSR count). The van der Waals surface area contributed by atoms with Gasteiger partial charge >= 0.3 is 41.3 Å². The Balaban J connectivity index is 2.82. The first-order valence-corrected chi connectivity index (χ1v) is 7.00. The topological polar surface area (TPSA) is 74.6 Å². The first kappa shape index (κ1) is 22.6. The summed E-state index contributed by atoms with van der Waals surface area (Å²) in [6, 6.07) is 0. The number of hydrogen-bond donors (Lipinski definition) is 2. The highest BCUT2D eigenvalue weighted by atomic mass is 19.3. The summed E-state index contributed by atoms with van der Waals surface area (Å²) in [5.74, 6) is -41.0. The van der Waals surface area contributed by atoms with Crippen LogP contribution in [0.1, 0.15) is 0 Å². The van der Waals surface area contributed by atoms with Crippen molar-refractivity contribution in [1.29, 1.82) is 0 Å². The quantitative estimate of drug-likeness (QED) is 0.602. The Morgan fingerprint density at radius 3 is 0.833 bits per heavy atom. The molecule has 4 fully saturated rings. The third kappa shape index (κ3) is 1.16. The van der Waals surface area contributed by atoms with Gasteiger partial charge in [-0.1, -0.05) is 0 Å². The maximum Gasteiger partial charge on any atom is 0.349 e. The second-order valence-corrected chi connectivity index (χ2v) is 6.86. The molecule has 2 N–H and O–H groups in total. The normalized spacial score (nSPS) is 54.1. The zero-order chi connectivity index (χ0) is 24.2. The molecule has 172 valence electrons. The van der Waals surface area contributed by atoms with Gasteiger partial charge < -0.3 is 10.2 Å². The largest absolute Gasteiger partial charge is 0.479 e. The fourth-order valence-electron chi connectivity index (χ4n) is 4.53. The molecule has 4 aliphatic rings. The zero-order valence-electron chi connectivity index (χ0n) is 13.0. The lowest BCUT2D eigenvalue weighted by atomic mass is 9.35. The molecule has 4 nitrogen and oxygen atoms in total. The number of carboxylic acid groups (broad SMARTS) is 2. The molecular formula is C12H2F14O4. The molecule has 0 radical (unpaired) electrons. The first-order chi connectivity index (χ1) is 12.9. The minimum Gasteiger partial charge on any atom is -0.479 e. The predicted octanol–water partition coefficient (Wildman–Crippen LogP) is 2.99. The van der Waals surface area contributed by atoms with Crippen molar-refractivity contribution in [3.63, 3.8) is 0 Å². The lowest BCUT2D eigenvalue weighted by Crippen LogP contribution is -3.11. The predicted molar refractivity (Wildman–Crippen MR) is 58.1 cm³/mol. The molecule has 0 saturated heterocycles. The van der Waals surface area contributed by atoms with E-state index in [9.17, 15) is 66.7 Å². The van der Waals surface area contributed by atoms with Crippen molar-refractivity contribution in [2.75, 3.05) is 0 Å². The van der Waals surface area contributed by atoms with Crippen molar-refractivity contribution in [3.8, 4) is 0 Å². The van der Waals surface area contributed by atoms with Gasteiger partial charge in [0.1, 0.15) is 0 Å². The van der Waals surface area contributed by atoms with E-state index in [0.717, 1.165) is 0 Å². The number of halogens is 14. The van der Waals surface area contributed by atoms with Crippen molar-refractivity contribution in [2.45, 2.75) is 57.7 Å². The maximum absolute atomic E-state index is 15.0. The van der Waals surface area contributed by atoms with Crippen molar-refractivity contribution >= 4 is 11.9 Å². The molecular weight excluding hydrogens is 474 g/mol. The molecule has 30 heavy (non-hydrogen) atoms. The van der Waals surface area contributed by atoms with Crippen molar-refractivity contribution < 1.29 is 81.3 Å². The smallest absolute Gasteiger partial charge is 0.349 e. The van der Waals surface area contributed by atoms with Crippen LogP contribution in [0.3, 0.4) is 0 Å². The molecule has 4 aliphatic carbocycles. The van der Waals surface area contributed by atoms with E-state index in [1.807, 2.05) is 0 Å².